The highest BCUT2D eigenvalue weighted by Crippen LogP contribution is 2.26. The molecule has 0 fully saturated rings. The summed E-state index contributed by atoms with van der Waals surface area (Å²) in [5, 5.41) is 7.90. The summed E-state index contributed by atoms with van der Waals surface area (Å²) in [6.07, 6.45) is 0.557. The fourth-order valence-corrected chi connectivity index (χ4v) is 2.03. The molecule has 0 aliphatic heterocycles. The maximum absolute atomic E-state index is 13.8. The molecule has 0 aliphatic rings. The van der Waals surface area contributed by atoms with Gasteiger partial charge in [0.05, 0.1) is 17.4 Å². The molecule has 1 unspecified atom stereocenters. The third-order valence-electron chi connectivity index (χ3n) is 3.10. The van der Waals surface area contributed by atoms with Crippen LogP contribution >= 0.6 is 0 Å². The van der Waals surface area contributed by atoms with Crippen LogP contribution in [0.25, 0.3) is 0 Å². The molecule has 0 saturated carbocycles. The van der Waals surface area contributed by atoms with Crippen molar-refractivity contribution in [2.75, 3.05) is 0 Å². The van der Waals surface area contributed by atoms with Crippen LogP contribution in [-0.4, -0.2) is 10.2 Å². The van der Waals surface area contributed by atoms with Gasteiger partial charge in [0.25, 0.3) is 0 Å². The standard InChI is InChI=1S/C14H14F3N3/c1-3-11-9(6-7(2)19-20-11)14(18)8-4-5-10(15)13(17)12(8)16/h4-6,14H,3,18H2,1-2H3. The Labute approximate surface area is 114 Å². The van der Waals surface area contributed by atoms with E-state index in [1.165, 1.54) is 0 Å². The van der Waals surface area contributed by atoms with Gasteiger partial charge < -0.3 is 5.73 Å². The summed E-state index contributed by atoms with van der Waals surface area (Å²) in [5.41, 5.74) is 7.66. The molecule has 0 amide bonds. The zero-order chi connectivity index (χ0) is 14.9. The number of hydrogen-bond acceptors (Lipinski definition) is 3. The first kappa shape index (κ1) is 14.5. The van der Waals surface area contributed by atoms with Gasteiger partial charge in [0, 0.05) is 5.56 Å². The Hall–Kier alpha value is -1.95. The van der Waals surface area contributed by atoms with E-state index in [0.717, 1.165) is 12.1 Å². The van der Waals surface area contributed by atoms with Crippen molar-refractivity contribution in [2.24, 2.45) is 5.73 Å². The Kier molecular flexibility index (Phi) is 4.04. The van der Waals surface area contributed by atoms with Crippen molar-refractivity contribution >= 4 is 0 Å². The zero-order valence-corrected chi connectivity index (χ0v) is 11.1. The molecule has 3 nitrogen and oxygen atoms in total. The molecule has 0 bridgehead atoms. The minimum Gasteiger partial charge on any atom is -0.320 e. The largest absolute Gasteiger partial charge is 0.320 e. The Morgan fingerprint density at radius 2 is 1.80 bits per heavy atom. The highest BCUT2D eigenvalue weighted by atomic mass is 19.2. The Bertz CT molecular complexity index is 644. The SMILES string of the molecule is CCc1nnc(C)cc1C(N)c1ccc(F)c(F)c1F. The van der Waals surface area contributed by atoms with Gasteiger partial charge in [-0.2, -0.15) is 10.2 Å². The minimum absolute atomic E-state index is 0.106. The van der Waals surface area contributed by atoms with Crippen LogP contribution in [0.5, 0.6) is 0 Å². The second-order valence-electron chi connectivity index (χ2n) is 4.48. The summed E-state index contributed by atoms with van der Waals surface area (Å²) < 4.78 is 40.1. The highest BCUT2D eigenvalue weighted by Gasteiger charge is 2.21. The van der Waals surface area contributed by atoms with Gasteiger partial charge in [0.2, 0.25) is 0 Å². The van der Waals surface area contributed by atoms with Crippen LogP contribution in [0.2, 0.25) is 0 Å². The molecule has 20 heavy (non-hydrogen) atoms. The summed E-state index contributed by atoms with van der Waals surface area (Å²) >= 11 is 0. The van der Waals surface area contributed by atoms with Gasteiger partial charge in [0.1, 0.15) is 0 Å². The molecule has 0 saturated heterocycles. The number of nitrogens with two attached hydrogens (primary N) is 1. The third kappa shape index (κ3) is 2.51. The van der Waals surface area contributed by atoms with Crippen LogP contribution in [0.4, 0.5) is 13.2 Å². The molecule has 1 atom stereocenters. The maximum atomic E-state index is 13.8. The zero-order valence-electron chi connectivity index (χ0n) is 11.1. The predicted molar refractivity (Wildman–Crippen MR) is 68.5 cm³/mol. The van der Waals surface area contributed by atoms with E-state index in [4.69, 9.17) is 5.73 Å². The van der Waals surface area contributed by atoms with E-state index in [0.29, 0.717) is 23.4 Å². The second kappa shape index (κ2) is 5.58. The number of hydrogen-bond donors (Lipinski definition) is 1. The van der Waals surface area contributed by atoms with Crippen molar-refractivity contribution in [2.45, 2.75) is 26.3 Å². The van der Waals surface area contributed by atoms with Crippen LogP contribution in [0.1, 0.15) is 35.5 Å². The molecule has 1 aromatic carbocycles. The minimum atomic E-state index is -1.52. The molecule has 0 spiro atoms. The summed E-state index contributed by atoms with van der Waals surface area (Å²) in [6, 6.07) is 2.76. The van der Waals surface area contributed by atoms with E-state index in [1.54, 1.807) is 13.0 Å². The molecule has 0 aliphatic carbocycles. The van der Waals surface area contributed by atoms with Crippen molar-refractivity contribution < 1.29 is 13.2 Å². The predicted octanol–water partition coefficient (Wildman–Crippen LogP) is 2.81. The lowest BCUT2D eigenvalue weighted by Crippen LogP contribution is -2.18. The fourth-order valence-electron chi connectivity index (χ4n) is 2.03. The van der Waals surface area contributed by atoms with E-state index in [9.17, 15) is 13.2 Å². The van der Waals surface area contributed by atoms with Crippen LogP contribution in [0.3, 0.4) is 0 Å². The normalized spacial score (nSPS) is 12.5. The molecule has 2 N–H and O–H groups in total. The number of aryl methyl sites for hydroxylation is 2. The van der Waals surface area contributed by atoms with Crippen molar-refractivity contribution in [3.05, 3.63) is 58.2 Å². The van der Waals surface area contributed by atoms with E-state index < -0.39 is 23.5 Å². The number of halogens is 3. The average molecular weight is 281 g/mol. The average Bonchev–Trinajstić information content (AvgIpc) is 2.44. The van der Waals surface area contributed by atoms with Gasteiger partial charge in [-0.1, -0.05) is 13.0 Å². The quantitative estimate of drug-likeness (QED) is 0.880. The van der Waals surface area contributed by atoms with Gasteiger partial charge in [-0.3, -0.25) is 0 Å². The van der Waals surface area contributed by atoms with Gasteiger partial charge in [-0.25, -0.2) is 13.2 Å². The monoisotopic (exact) mass is 281 g/mol. The van der Waals surface area contributed by atoms with E-state index in [2.05, 4.69) is 10.2 Å². The highest BCUT2D eigenvalue weighted by molar-refractivity contribution is 5.35. The van der Waals surface area contributed by atoms with Crippen LogP contribution in [-0.2, 0) is 6.42 Å². The molecule has 0 radical (unpaired) electrons. The lowest BCUT2D eigenvalue weighted by atomic mass is 9.96. The van der Waals surface area contributed by atoms with Crippen LogP contribution in [0, 0.1) is 24.4 Å². The Morgan fingerprint density at radius 1 is 1.10 bits per heavy atom. The summed E-state index contributed by atoms with van der Waals surface area (Å²) in [6.45, 7) is 3.58. The topological polar surface area (TPSA) is 51.8 Å². The smallest absolute Gasteiger partial charge is 0.194 e. The van der Waals surface area contributed by atoms with Crippen molar-refractivity contribution in [3.63, 3.8) is 0 Å². The molecule has 1 heterocycles. The fraction of sp³-hybridized carbons (Fsp3) is 0.286. The summed E-state index contributed by atoms with van der Waals surface area (Å²) in [7, 11) is 0. The van der Waals surface area contributed by atoms with Crippen LogP contribution in [0.15, 0.2) is 18.2 Å². The van der Waals surface area contributed by atoms with Gasteiger partial charge in [0.15, 0.2) is 17.5 Å². The summed E-state index contributed by atoms with van der Waals surface area (Å²) in [5.74, 6) is -4.03. The lowest BCUT2D eigenvalue weighted by molar-refractivity contribution is 0.438. The molecular weight excluding hydrogens is 267 g/mol. The van der Waals surface area contributed by atoms with Crippen molar-refractivity contribution in [1.29, 1.82) is 0 Å². The molecule has 1 aromatic heterocycles. The first-order valence-electron chi connectivity index (χ1n) is 6.17. The molecule has 6 heteroatoms. The summed E-state index contributed by atoms with van der Waals surface area (Å²) in [4.78, 5) is 0. The van der Waals surface area contributed by atoms with Crippen molar-refractivity contribution in [1.82, 2.24) is 10.2 Å². The third-order valence-corrected chi connectivity index (χ3v) is 3.10. The maximum Gasteiger partial charge on any atom is 0.194 e. The van der Waals surface area contributed by atoms with Gasteiger partial charge in [-0.15, -0.1) is 0 Å². The van der Waals surface area contributed by atoms with Gasteiger partial charge in [-0.05, 0) is 31.0 Å². The second-order valence-corrected chi connectivity index (χ2v) is 4.48. The van der Waals surface area contributed by atoms with Gasteiger partial charge >= 0.3 is 0 Å². The van der Waals surface area contributed by atoms with E-state index in [-0.39, 0.29) is 5.56 Å². The van der Waals surface area contributed by atoms with Crippen molar-refractivity contribution in [3.8, 4) is 0 Å². The van der Waals surface area contributed by atoms with Crippen LogP contribution < -0.4 is 5.73 Å². The lowest BCUT2D eigenvalue weighted by Gasteiger charge is -2.16. The Balaban J connectivity index is 2.54. The van der Waals surface area contributed by atoms with E-state index in [1.807, 2.05) is 6.92 Å². The molecule has 2 aromatic rings. The Morgan fingerprint density at radius 3 is 2.45 bits per heavy atom. The number of benzene rings is 1. The number of nitrogens with zero attached hydrogens (tertiary/aromatic N) is 2. The first-order valence-corrected chi connectivity index (χ1v) is 6.17. The molecule has 106 valence electrons. The van der Waals surface area contributed by atoms with E-state index >= 15 is 0 Å². The number of aromatic nitrogens is 2. The number of rotatable bonds is 3. The first-order chi connectivity index (χ1) is 9.45. The molecule has 2 rings (SSSR count). The molecular formula is C14H14F3N3.